The monoisotopic (exact) mass is 302 g/mol. The highest BCUT2D eigenvalue weighted by Crippen LogP contribution is 2.15. The van der Waals surface area contributed by atoms with Gasteiger partial charge in [-0.15, -0.1) is 0 Å². The first-order valence-corrected chi connectivity index (χ1v) is 7.10. The fraction of sp³-hybridized carbons (Fsp3) is 0.357. The number of carbonyl (C=O) groups excluding carboxylic acids is 2. The van der Waals surface area contributed by atoms with Gasteiger partial charge in [0, 0.05) is 30.8 Å². The minimum Gasteiger partial charge on any atom is -0.354 e. The fourth-order valence-electron chi connectivity index (χ4n) is 2.55. The summed E-state index contributed by atoms with van der Waals surface area (Å²) in [6.45, 7) is 2.29. The molecule has 2 atom stereocenters. The lowest BCUT2D eigenvalue weighted by Crippen LogP contribution is -2.55. The van der Waals surface area contributed by atoms with Crippen molar-refractivity contribution in [1.29, 1.82) is 0 Å². The maximum absolute atomic E-state index is 12.3. The first-order valence-electron chi connectivity index (χ1n) is 7.10. The number of rotatable bonds is 4. The number of fused-ring (bicyclic) bond motifs is 1. The molecule has 2 aliphatic heterocycles. The molecule has 116 valence electrons. The van der Waals surface area contributed by atoms with Gasteiger partial charge in [0.15, 0.2) is 6.04 Å². The molecule has 0 spiro atoms. The number of hydrazine groups is 2. The quantitative estimate of drug-likeness (QED) is 0.557. The van der Waals surface area contributed by atoms with Crippen molar-refractivity contribution in [2.45, 2.75) is 25.4 Å². The predicted molar refractivity (Wildman–Crippen MR) is 78.5 cm³/mol. The molecule has 0 bridgehead atoms. The molecule has 1 aromatic rings. The molecule has 1 saturated heterocycles. The number of amides is 2. The lowest BCUT2D eigenvalue weighted by Gasteiger charge is -2.28. The molecule has 2 amide bonds. The van der Waals surface area contributed by atoms with Gasteiger partial charge >= 0.3 is 0 Å². The van der Waals surface area contributed by atoms with Gasteiger partial charge in [0.2, 0.25) is 5.91 Å². The van der Waals surface area contributed by atoms with Gasteiger partial charge in [-0.1, -0.05) is 0 Å². The molecular formula is C14H18N6O2. The van der Waals surface area contributed by atoms with E-state index in [9.17, 15) is 9.59 Å². The first kappa shape index (κ1) is 14.5. The van der Waals surface area contributed by atoms with Crippen molar-refractivity contribution >= 4 is 11.8 Å². The van der Waals surface area contributed by atoms with Crippen molar-refractivity contribution in [3.05, 3.63) is 42.0 Å². The van der Waals surface area contributed by atoms with E-state index >= 15 is 0 Å². The Morgan fingerprint density at radius 2 is 2.18 bits per heavy atom. The number of allylic oxidation sites excluding steroid dienone is 1. The maximum atomic E-state index is 12.3. The van der Waals surface area contributed by atoms with Crippen molar-refractivity contribution in [3.63, 3.8) is 0 Å². The van der Waals surface area contributed by atoms with E-state index in [1.165, 1.54) is 0 Å². The van der Waals surface area contributed by atoms with E-state index in [4.69, 9.17) is 0 Å². The van der Waals surface area contributed by atoms with Crippen LogP contribution in [-0.2, 0) is 16.0 Å². The SMILES string of the molecule is CC1=CN2NNC(C(=O)NCCc3ccncc3)C2C(=O)N1. The van der Waals surface area contributed by atoms with E-state index in [0.29, 0.717) is 13.0 Å². The van der Waals surface area contributed by atoms with Crippen molar-refractivity contribution in [3.8, 4) is 0 Å². The number of pyridine rings is 1. The molecular weight excluding hydrogens is 284 g/mol. The molecule has 0 aliphatic carbocycles. The Bertz CT molecular complexity index is 603. The number of nitrogens with one attached hydrogen (secondary N) is 4. The summed E-state index contributed by atoms with van der Waals surface area (Å²) < 4.78 is 0. The minimum atomic E-state index is -0.637. The van der Waals surface area contributed by atoms with E-state index in [0.717, 1.165) is 11.3 Å². The van der Waals surface area contributed by atoms with Gasteiger partial charge in [-0.05, 0) is 31.0 Å². The van der Waals surface area contributed by atoms with E-state index < -0.39 is 12.1 Å². The average Bonchev–Trinajstić information content (AvgIpc) is 2.92. The van der Waals surface area contributed by atoms with E-state index in [1.54, 1.807) is 30.5 Å². The molecule has 2 aliphatic rings. The Labute approximate surface area is 127 Å². The third-order valence-corrected chi connectivity index (χ3v) is 3.63. The smallest absolute Gasteiger partial charge is 0.250 e. The summed E-state index contributed by atoms with van der Waals surface area (Å²) in [7, 11) is 0. The van der Waals surface area contributed by atoms with Crippen molar-refractivity contribution < 1.29 is 9.59 Å². The van der Waals surface area contributed by atoms with Crippen LogP contribution in [0.3, 0.4) is 0 Å². The third kappa shape index (κ3) is 2.92. The van der Waals surface area contributed by atoms with E-state index in [1.807, 2.05) is 12.1 Å². The summed E-state index contributed by atoms with van der Waals surface area (Å²) >= 11 is 0. The number of nitrogens with zero attached hydrogens (tertiary/aromatic N) is 2. The average molecular weight is 302 g/mol. The minimum absolute atomic E-state index is 0.202. The summed E-state index contributed by atoms with van der Waals surface area (Å²) in [5, 5.41) is 7.19. The largest absolute Gasteiger partial charge is 0.354 e. The molecule has 8 heteroatoms. The van der Waals surface area contributed by atoms with E-state index in [-0.39, 0.29) is 11.8 Å². The van der Waals surface area contributed by atoms with Crippen LogP contribution in [0.1, 0.15) is 12.5 Å². The molecule has 8 nitrogen and oxygen atoms in total. The van der Waals surface area contributed by atoms with Gasteiger partial charge in [0.05, 0.1) is 0 Å². The normalized spacial score (nSPS) is 23.6. The summed E-state index contributed by atoms with van der Waals surface area (Å²) in [5.41, 5.74) is 7.51. The second kappa shape index (κ2) is 6.12. The summed E-state index contributed by atoms with van der Waals surface area (Å²) in [6, 6.07) is 2.59. The number of hydrogen-bond donors (Lipinski definition) is 4. The maximum Gasteiger partial charge on any atom is 0.250 e. The van der Waals surface area contributed by atoms with Crippen LogP contribution in [0.2, 0.25) is 0 Å². The van der Waals surface area contributed by atoms with Crippen LogP contribution in [-0.4, -0.2) is 40.4 Å². The van der Waals surface area contributed by atoms with Crippen LogP contribution < -0.4 is 21.6 Å². The van der Waals surface area contributed by atoms with Crippen LogP contribution in [0, 0.1) is 0 Å². The van der Waals surface area contributed by atoms with Crippen LogP contribution in [0.15, 0.2) is 36.4 Å². The number of hydrogen-bond acceptors (Lipinski definition) is 6. The third-order valence-electron chi connectivity index (χ3n) is 3.63. The Balaban J connectivity index is 1.56. The zero-order valence-electron chi connectivity index (χ0n) is 12.2. The molecule has 2 unspecified atom stereocenters. The van der Waals surface area contributed by atoms with E-state index in [2.05, 4.69) is 26.6 Å². The number of carbonyl (C=O) groups is 2. The van der Waals surface area contributed by atoms with Crippen molar-refractivity contribution in [1.82, 2.24) is 31.6 Å². The molecule has 3 heterocycles. The lowest BCUT2D eigenvalue weighted by molar-refractivity contribution is -0.130. The van der Waals surface area contributed by atoms with Gasteiger partial charge in [0.1, 0.15) is 6.04 Å². The second-order valence-corrected chi connectivity index (χ2v) is 5.28. The molecule has 22 heavy (non-hydrogen) atoms. The van der Waals surface area contributed by atoms with Crippen molar-refractivity contribution in [2.24, 2.45) is 0 Å². The Kier molecular flexibility index (Phi) is 4.03. The fourth-order valence-corrected chi connectivity index (χ4v) is 2.55. The lowest BCUT2D eigenvalue weighted by atomic mass is 10.1. The first-order chi connectivity index (χ1) is 10.6. The molecule has 0 radical (unpaired) electrons. The van der Waals surface area contributed by atoms with Gasteiger partial charge in [0.25, 0.3) is 5.91 Å². The summed E-state index contributed by atoms with van der Waals surface area (Å²) in [5.74, 6) is -0.413. The van der Waals surface area contributed by atoms with Crippen LogP contribution in [0.4, 0.5) is 0 Å². The van der Waals surface area contributed by atoms with Gasteiger partial charge < -0.3 is 10.6 Å². The molecule has 1 fully saturated rings. The van der Waals surface area contributed by atoms with Gasteiger partial charge in [-0.2, -0.15) is 5.53 Å². The molecule has 0 saturated carbocycles. The molecule has 0 aromatic carbocycles. The Morgan fingerprint density at radius 1 is 1.41 bits per heavy atom. The highest BCUT2D eigenvalue weighted by atomic mass is 16.2. The van der Waals surface area contributed by atoms with Crippen LogP contribution in [0.25, 0.3) is 0 Å². The summed E-state index contributed by atoms with van der Waals surface area (Å²) in [4.78, 5) is 28.3. The standard InChI is InChI=1S/C14H18N6O2/c1-9-8-20-12(14(22)17-9)11(18-19-20)13(21)16-7-4-10-2-5-15-6-3-10/h2-3,5-6,8,11-12,18-19H,4,7H2,1H3,(H,16,21)(H,17,22). The zero-order chi connectivity index (χ0) is 15.5. The number of aromatic nitrogens is 1. The van der Waals surface area contributed by atoms with Crippen LogP contribution in [0.5, 0.6) is 0 Å². The Hall–Kier alpha value is -2.45. The molecule has 1 aromatic heterocycles. The second-order valence-electron chi connectivity index (χ2n) is 5.28. The molecule has 3 rings (SSSR count). The zero-order valence-corrected chi connectivity index (χ0v) is 12.2. The molecule has 4 N–H and O–H groups in total. The Morgan fingerprint density at radius 3 is 2.95 bits per heavy atom. The topological polar surface area (TPSA) is 98.4 Å². The van der Waals surface area contributed by atoms with Gasteiger partial charge in [-0.3, -0.25) is 19.6 Å². The summed E-state index contributed by atoms with van der Waals surface area (Å²) in [6.07, 6.45) is 5.91. The highest BCUT2D eigenvalue weighted by molar-refractivity contribution is 5.94. The predicted octanol–water partition coefficient (Wildman–Crippen LogP) is -1.21. The highest BCUT2D eigenvalue weighted by Gasteiger charge is 2.44. The van der Waals surface area contributed by atoms with Gasteiger partial charge in [-0.25, -0.2) is 5.43 Å². The van der Waals surface area contributed by atoms with Crippen LogP contribution >= 0.6 is 0 Å². The van der Waals surface area contributed by atoms with Crippen molar-refractivity contribution in [2.75, 3.05) is 6.54 Å².